The molecule has 0 aromatic carbocycles. The molecule has 3 heterocycles. The lowest BCUT2D eigenvalue weighted by Gasteiger charge is -2.12. The number of aromatic nitrogens is 2. The molecule has 3 aromatic heterocycles. The van der Waals surface area contributed by atoms with Crippen LogP contribution < -0.4 is 10.0 Å². The Hall–Kier alpha value is -3.18. The van der Waals surface area contributed by atoms with Gasteiger partial charge in [0.15, 0.2) is 6.20 Å². The van der Waals surface area contributed by atoms with E-state index in [1.807, 2.05) is 24.5 Å². The number of amides is 1. The van der Waals surface area contributed by atoms with Crippen LogP contribution in [0.25, 0.3) is 0 Å². The van der Waals surface area contributed by atoms with E-state index in [1.54, 1.807) is 30.5 Å². The number of nitrogens with zero attached hydrogens (tertiary/aromatic N) is 3. The molecule has 138 valence electrons. The first-order valence-electron chi connectivity index (χ1n) is 8.24. The molecule has 1 N–H and O–H groups in total. The number of thioether (sulfide) groups is 1. The maximum atomic E-state index is 12.5. The third kappa shape index (κ3) is 3.99. The molecule has 0 bridgehead atoms. The molecular formula is C19H18N4O3S. The van der Waals surface area contributed by atoms with Crippen molar-refractivity contribution in [1.82, 2.24) is 4.57 Å². The van der Waals surface area contributed by atoms with Gasteiger partial charge in [0, 0.05) is 17.8 Å². The van der Waals surface area contributed by atoms with E-state index in [0.717, 1.165) is 28.8 Å². The number of anilines is 1. The molecule has 0 unspecified atom stereocenters. The number of pyridine rings is 1. The van der Waals surface area contributed by atoms with Crippen LogP contribution in [0.15, 0.2) is 52.2 Å². The molecule has 0 radical (unpaired) electrons. The minimum absolute atomic E-state index is 0.0567. The van der Waals surface area contributed by atoms with Crippen molar-refractivity contribution in [3.05, 3.63) is 70.6 Å². The van der Waals surface area contributed by atoms with E-state index < -0.39 is 0 Å². The summed E-state index contributed by atoms with van der Waals surface area (Å²) < 4.78 is 7.96. The van der Waals surface area contributed by atoms with Crippen molar-refractivity contribution in [2.75, 3.05) is 11.1 Å². The molecular weight excluding hydrogens is 364 g/mol. The Morgan fingerprint density at radius 1 is 1.37 bits per heavy atom. The van der Waals surface area contributed by atoms with Gasteiger partial charge in [0.25, 0.3) is 5.03 Å². The normalized spacial score (nSPS) is 10.6. The van der Waals surface area contributed by atoms with E-state index in [1.165, 1.54) is 6.20 Å². The van der Waals surface area contributed by atoms with Crippen LogP contribution in [-0.2, 0) is 11.3 Å². The fourth-order valence-corrected chi connectivity index (χ4v) is 3.43. The second-order valence-corrected chi connectivity index (χ2v) is 6.91. The van der Waals surface area contributed by atoms with Gasteiger partial charge in [-0.2, -0.15) is 9.99 Å². The van der Waals surface area contributed by atoms with Gasteiger partial charge < -0.3 is 19.5 Å². The van der Waals surface area contributed by atoms with Crippen LogP contribution in [0.5, 0.6) is 0 Å². The predicted molar refractivity (Wildman–Crippen MR) is 101 cm³/mol. The highest BCUT2D eigenvalue weighted by Gasteiger charge is 2.21. The molecule has 0 saturated heterocycles. The van der Waals surface area contributed by atoms with Crippen molar-refractivity contribution in [1.29, 1.82) is 5.26 Å². The van der Waals surface area contributed by atoms with Crippen LogP contribution in [0.3, 0.4) is 0 Å². The molecule has 0 atom stereocenters. The highest BCUT2D eigenvalue weighted by atomic mass is 32.2. The van der Waals surface area contributed by atoms with Gasteiger partial charge in [0.1, 0.15) is 17.6 Å². The standard InChI is InChI=1S/C19H18N4O3S/c1-13-14(2)22(11-15-6-5-9-26-15)19(16(13)10-20)21-17(24)12-27-18-7-3-4-8-23(18)25/h3-9H,11-12H2,1-2H3,(H,21,24). The molecule has 3 rings (SSSR count). The zero-order valence-corrected chi connectivity index (χ0v) is 15.7. The summed E-state index contributed by atoms with van der Waals surface area (Å²) in [5.74, 6) is 0.927. The Morgan fingerprint density at radius 3 is 2.85 bits per heavy atom. The second-order valence-electron chi connectivity index (χ2n) is 5.91. The van der Waals surface area contributed by atoms with Gasteiger partial charge in [-0.15, -0.1) is 0 Å². The number of nitrogens with one attached hydrogen (secondary N) is 1. The first-order chi connectivity index (χ1) is 13.0. The van der Waals surface area contributed by atoms with Crippen LogP contribution in [0.2, 0.25) is 0 Å². The second kappa shape index (κ2) is 8.01. The lowest BCUT2D eigenvalue weighted by molar-refractivity contribution is -0.645. The molecule has 0 aliphatic carbocycles. The molecule has 0 spiro atoms. The van der Waals surface area contributed by atoms with E-state index in [2.05, 4.69) is 11.4 Å². The quantitative estimate of drug-likeness (QED) is 0.401. The third-order valence-corrected chi connectivity index (χ3v) is 5.25. The Labute approximate surface area is 160 Å². The fourth-order valence-electron chi connectivity index (χ4n) is 2.72. The molecule has 3 aromatic rings. The van der Waals surface area contributed by atoms with Crippen LogP contribution in [0.1, 0.15) is 22.6 Å². The van der Waals surface area contributed by atoms with Gasteiger partial charge in [0.2, 0.25) is 5.91 Å². The van der Waals surface area contributed by atoms with Crippen molar-refractivity contribution in [3.63, 3.8) is 0 Å². The van der Waals surface area contributed by atoms with Gasteiger partial charge in [-0.1, -0.05) is 0 Å². The van der Waals surface area contributed by atoms with E-state index in [0.29, 0.717) is 27.7 Å². The molecule has 27 heavy (non-hydrogen) atoms. The average molecular weight is 382 g/mol. The van der Waals surface area contributed by atoms with Gasteiger partial charge in [-0.3, -0.25) is 4.79 Å². The number of rotatable bonds is 6. The number of carbonyl (C=O) groups excluding carboxylic acids is 1. The number of hydrogen-bond donors (Lipinski definition) is 1. The first-order valence-corrected chi connectivity index (χ1v) is 9.22. The van der Waals surface area contributed by atoms with Gasteiger partial charge in [0.05, 0.1) is 24.1 Å². The van der Waals surface area contributed by atoms with Crippen molar-refractivity contribution in [2.24, 2.45) is 0 Å². The molecule has 0 fully saturated rings. The van der Waals surface area contributed by atoms with Crippen molar-refractivity contribution in [3.8, 4) is 6.07 Å². The lowest BCUT2D eigenvalue weighted by atomic mass is 10.2. The summed E-state index contributed by atoms with van der Waals surface area (Å²) in [6.07, 6.45) is 2.97. The molecule has 7 nitrogen and oxygen atoms in total. The van der Waals surface area contributed by atoms with Crippen molar-refractivity contribution in [2.45, 2.75) is 25.4 Å². The monoisotopic (exact) mass is 382 g/mol. The summed E-state index contributed by atoms with van der Waals surface area (Å²) in [6, 6.07) is 10.8. The summed E-state index contributed by atoms with van der Waals surface area (Å²) >= 11 is 1.14. The van der Waals surface area contributed by atoms with Crippen molar-refractivity contribution >= 4 is 23.5 Å². The van der Waals surface area contributed by atoms with Gasteiger partial charge >= 0.3 is 0 Å². The molecule has 8 heteroatoms. The Morgan fingerprint density at radius 2 is 2.19 bits per heavy atom. The van der Waals surface area contributed by atoms with Crippen LogP contribution in [-0.4, -0.2) is 16.2 Å². The number of hydrogen-bond acceptors (Lipinski definition) is 5. The summed E-state index contributed by atoms with van der Waals surface area (Å²) in [4.78, 5) is 12.5. The maximum absolute atomic E-state index is 12.5. The maximum Gasteiger partial charge on any atom is 0.251 e. The van der Waals surface area contributed by atoms with E-state index in [4.69, 9.17) is 4.42 Å². The lowest BCUT2D eigenvalue weighted by Crippen LogP contribution is -2.28. The van der Waals surface area contributed by atoms with E-state index in [-0.39, 0.29) is 11.7 Å². The summed E-state index contributed by atoms with van der Waals surface area (Å²) in [6.45, 7) is 4.15. The van der Waals surface area contributed by atoms with E-state index in [9.17, 15) is 15.3 Å². The molecule has 1 amide bonds. The minimum atomic E-state index is -0.293. The molecule has 0 aliphatic rings. The topological polar surface area (TPSA) is 97.9 Å². The SMILES string of the molecule is Cc1c(C#N)c(NC(=O)CSc2cccc[n+]2[O-])n(Cc2ccco2)c1C. The summed E-state index contributed by atoms with van der Waals surface area (Å²) in [5, 5.41) is 24.5. The predicted octanol–water partition coefficient (Wildman–Crippen LogP) is 2.98. The van der Waals surface area contributed by atoms with Crippen LogP contribution in [0.4, 0.5) is 5.82 Å². The highest BCUT2D eigenvalue weighted by Crippen LogP contribution is 2.27. The number of furan rings is 1. The largest absolute Gasteiger partial charge is 0.618 e. The highest BCUT2D eigenvalue weighted by molar-refractivity contribution is 7.99. The number of nitriles is 1. The Balaban J connectivity index is 1.80. The summed E-state index contributed by atoms with van der Waals surface area (Å²) in [7, 11) is 0. The third-order valence-electron chi connectivity index (χ3n) is 4.23. The van der Waals surface area contributed by atoms with Crippen molar-refractivity contribution < 1.29 is 13.9 Å². The smallest absolute Gasteiger partial charge is 0.251 e. The fraction of sp³-hybridized carbons (Fsp3) is 0.211. The van der Waals surface area contributed by atoms with E-state index >= 15 is 0 Å². The number of carbonyl (C=O) groups is 1. The average Bonchev–Trinajstić information content (AvgIpc) is 3.24. The zero-order valence-electron chi connectivity index (χ0n) is 14.9. The van der Waals surface area contributed by atoms with Crippen LogP contribution in [0, 0.1) is 30.4 Å². The van der Waals surface area contributed by atoms with Crippen LogP contribution >= 0.6 is 11.8 Å². The van der Waals surface area contributed by atoms with Gasteiger partial charge in [-0.05, 0) is 49.4 Å². The molecule has 0 aliphatic heterocycles. The first kappa shape index (κ1) is 18.6. The minimum Gasteiger partial charge on any atom is -0.618 e. The Bertz CT molecular complexity index is 1000. The Kier molecular flexibility index (Phi) is 5.52. The summed E-state index contributed by atoms with van der Waals surface area (Å²) in [5.41, 5.74) is 2.12. The van der Waals surface area contributed by atoms with Gasteiger partial charge in [-0.25, -0.2) is 0 Å². The zero-order chi connectivity index (χ0) is 19.4. The molecule has 0 saturated carbocycles.